The highest BCUT2D eigenvalue weighted by molar-refractivity contribution is 5.64. The zero-order chi connectivity index (χ0) is 15.7. The normalized spacial score (nSPS) is 21.0. The minimum Gasteiger partial charge on any atom is -0.366 e. The van der Waals surface area contributed by atoms with Crippen LogP contribution in [0.2, 0.25) is 0 Å². The zero-order valence-corrected chi connectivity index (χ0v) is 11.9. The molecule has 1 saturated heterocycles. The molecule has 2 unspecified atom stereocenters. The number of halogens is 3. The first kappa shape index (κ1) is 14.9. The van der Waals surface area contributed by atoms with E-state index in [9.17, 15) is 13.2 Å². The average molecular weight is 304 g/mol. The lowest BCUT2D eigenvalue weighted by Gasteiger charge is -2.12. The number of rotatable bonds is 3. The third-order valence-electron chi connectivity index (χ3n) is 3.91. The summed E-state index contributed by atoms with van der Waals surface area (Å²) in [5.41, 5.74) is 1.94. The fourth-order valence-corrected chi connectivity index (χ4v) is 2.69. The van der Waals surface area contributed by atoms with Crippen LogP contribution in [-0.4, -0.2) is 6.10 Å². The second-order valence-corrected chi connectivity index (χ2v) is 5.35. The van der Waals surface area contributed by atoms with Gasteiger partial charge in [0, 0.05) is 0 Å². The molecule has 1 heterocycles. The second kappa shape index (κ2) is 5.97. The quantitative estimate of drug-likeness (QED) is 0.561. The standard InChI is InChI=1S/C18H15F3O/c1-2-14-7-8-17(22-14)12-5-3-11(4-6-12)13-9-15(19)18(21)16(20)10-13/h2-6,9-10,14,17H,1,7-8H2. The predicted molar refractivity (Wildman–Crippen MR) is 78.8 cm³/mol. The van der Waals surface area contributed by atoms with Crippen molar-refractivity contribution in [3.63, 3.8) is 0 Å². The summed E-state index contributed by atoms with van der Waals surface area (Å²) in [6.07, 6.45) is 3.72. The molecule has 1 fully saturated rings. The molecule has 2 atom stereocenters. The lowest BCUT2D eigenvalue weighted by atomic mass is 10.0. The van der Waals surface area contributed by atoms with Crippen molar-refractivity contribution in [2.24, 2.45) is 0 Å². The van der Waals surface area contributed by atoms with E-state index in [4.69, 9.17) is 4.74 Å². The molecule has 1 aliphatic heterocycles. The van der Waals surface area contributed by atoms with Gasteiger partial charge >= 0.3 is 0 Å². The third kappa shape index (κ3) is 2.79. The van der Waals surface area contributed by atoms with E-state index in [0.717, 1.165) is 30.5 Å². The fourth-order valence-electron chi connectivity index (χ4n) is 2.69. The van der Waals surface area contributed by atoms with E-state index >= 15 is 0 Å². The predicted octanol–water partition coefficient (Wildman–Crippen LogP) is 5.18. The van der Waals surface area contributed by atoms with Crippen LogP contribution >= 0.6 is 0 Å². The number of benzene rings is 2. The Hall–Kier alpha value is -2.07. The van der Waals surface area contributed by atoms with E-state index in [-0.39, 0.29) is 12.2 Å². The molecule has 0 N–H and O–H groups in total. The first-order valence-corrected chi connectivity index (χ1v) is 7.11. The Balaban J connectivity index is 1.84. The van der Waals surface area contributed by atoms with Gasteiger partial charge in [0.25, 0.3) is 0 Å². The summed E-state index contributed by atoms with van der Waals surface area (Å²) < 4.78 is 45.4. The molecule has 0 amide bonds. The van der Waals surface area contributed by atoms with Gasteiger partial charge in [-0.05, 0) is 41.7 Å². The van der Waals surface area contributed by atoms with E-state index in [1.54, 1.807) is 18.2 Å². The van der Waals surface area contributed by atoms with Crippen LogP contribution in [0.5, 0.6) is 0 Å². The van der Waals surface area contributed by atoms with Gasteiger partial charge in [-0.3, -0.25) is 0 Å². The molecule has 4 heteroatoms. The molecule has 114 valence electrons. The third-order valence-corrected chi connectivity index (χ3v) is 3.91. The zero-order valence-electron chi connectivity index (χ0n) is 11.9. The summed E-state index contributed by atoms with van der Waals surface area (Å²) in [5.74, 6) is -3.82. The van der Waals surface area contributed by atoms with E-state index in [2.05, 4.69) is 6.58 Å². The largest absolute Gasteiger partial charge is 0.366 e. The van der Waals surface area contributed by atoms with E-state index in [1.807, 2.05) is 12.1 Å². The van der Waals surface area contributed by atoms with Gasteiger partial charge in [0.1, 0.15) is 0 Å². The van der Waals surface area contributed by atoms with Gasteiger partial charge in [-0.1, -0.05) is 30.3 Å². The van der Waals surface area contributed by atoms with Crippen molar-refractivity contribution in [2.75, 3.05) is 0 Å². The van der Waals surface area contributed by atoms with Crippen LogP contribution in [0.3, 0.4) is 0 Å². The average Bonchev–Trinajstić information content (AvgIpc) is 3.01. The lowest BCUT2D eigenvalue weighted by molar-refractivity contribution is 0.0713. The smallest absolute Gasteiger partial charge is 0.194 e. The van der Waals surface area contributed by atoms with E-state index in [1.165, 1.54) is 0 Å². The molecule has 1 aliphatic rings. The number of ether oxygens (including phenoxy) is 1. The Morgan fingerprint density at radius 1 is 0.955 bits per heavy atom. The summed E-state index contributed by atoms with van der Waals surface area (Å²) in [6.45, 7) is 3.72. The van der Waals surface area contributed by atoms with Crippen LogP contribution in [0.15, 0.2) is 49.1 Å². The molecule has 0 aromatic heterocycles. The van der Waals surface area contributed by atoms with Crippen LogP contribution in [0, 0.1) is 17.5 Å². The van der Waals surface area contributed by atoms with Gasteiger partial charge < -0.3 is 4.74 Å². The molecule has 0 radical (unpaired) electrons. The van der Waals surface area contributed by atoms with Gasteiger partial charge in [0.05, 0.1) is 12.2 Å². The second-order valence-electron chi connectivity index (χ2n) is 5.35. The molecule has 1 nitrogen and oxygen atoms in total. The first-order chi connectivity index (χ1) is 10.6. The van der Waals surface area contributed by atoms with Gasteiger partial charge in [0.15, 0.2) is 17.5 Å². The Morgan fingerprint density at radius 2 is 1.59 bits per heavy atom. The summed E-state index contributed by atoms with van der Waals surface area (Å²) in [5, 5.41) is 0. The Labute approximate surface area is 127 Å². The van der Waals surface area contributed by atoms with Crippen LogP contribution < -0.4 is 0 Å². The highest BCUT2D eigenvalue weighted by Gasteiger charge is 2.24. The maximum atomic E-state index is 13.3. The summed E-state index contributed by atoms with van der Waals surface area (Å²) in [7, 11) is 0. The Morgan fingerprint density at radius 3 is 2.14 bits per heavy atom. The molecule has 2 aromatic rings. The van der Waals surface area contributed by atoms with Crippen LogP contribution in [0.4, 0.5) is 13.2 Å². The van der Waals surface area contributed by atoms with Gasteiger partial charge in [0.2, 0.25) is 0 Å². The molecule has 0 saturated carbocycles. The highest BCUT2D eigenvalue weighted by Crippen LogP contribution is 2.34. The molecular weight excluding hydrogens is 289 g/mol. The maximum Gasteiger partial charge on any atom is 0.194 e. The highest BCUT2D eigenvalue weighted by atomic mass is 19.2. The van der Waals surface area contributed by atoms with Crippen molar-refractivity contribution in [2.45, 2.75) is 25.0 Å². The van der Waals surface area contributed by atoms with Crippen LogP contribution in [-0.2, 0) is 4.74 Å². The monoisotopic (exact) mass is 304 g/mol. The van der Waals surface area contributed by atoms with E-state index in [0.29, 0.717) is 11.1 Å². The molecule has 3 rings (SSSR count). The van der Waals surface area contributed by atoms with Crippen molar-refractivity contribution < 1.29 is 17.9 Å². The van der Waals surface area contributed by atoms with Crippen molar-refractivity contribution >= 4 is 0 Å². The topological polar surface area (TPSA) is 9.23 Å². The van der Waals surface area contributed by atoms with Crippen molar-refractivity contribution in [3.05, 3.63) is 72.1 Å². The first-order valence-electron chi connectivity index (χ1n) is 7.11. The molecule has 0 spiro atoms. The lowest BCUT2D eigenvalue weighted by Crippen LogP contribution is -2.02. The number of hydrogen-bond donors (Lipinski definition) is 0. The van der Waals surface area contributed by atoms with Gasteiger partial charge in [-0.15, -0.1) is 6.58 Å². The van der Waals surface area contributed by atoms with Gasteiger partial charge in [-0.2, -0.15) is 0 Å². The Kier molecular flexibility index (Phi) is 4.03. The van der Waals surface area contributed by atoms with Crippen LogP contribution in [0.25, 0.3) is 11.1 Å². The summed E-state index contributed by atoms with van der Waals surface area (Å²) >= 11 is 0. The molecule has 22 heavy (non-hydrogen) atoms. The summed E-state index contributed by atoms with van der Waals surface area (Å²) in [6, 6.07) is 9.23. The van der Waals surface area contributed by atoms with Crippen molar-refractivity contribution in [3.8, 4) is 11.1 Å². The van der Waals surface area contributed by atoms with Gasteiger partial charge in [-0.25, -0.2) is 13.2 Å². The van der Waals surface area contributed by atoms with Crippen LogP contribution in [0.1, 0.15) is 24.5 Å². The minimum absolute atomic E-state index is 0.0127. The molecule has 2 aromatic carbocycles. The molecule has 0 aliphatic carbocycles. The fraction of sp³-hybridized carbons (Fsp3) is 0.222. The van der Waals surface area contributed by atoms with E-state index < -0.39 is 17.5 Å². The SMILES string of the molecule is C=CC1CCC(c2ccc(-c3cc(F)c(F)c(F)c3)cc2)O1. The number of hydrogen-bond acceptors (Lipinski definition) is 1. The van der Waals surface area contributed by atoms with Crippen molar-refractivity contribution in [1.82, 2.24) is 0 Å². The maximum absolute atomic E-state index is 13.3. The van der Waals surface area contributed by atoms with Crippen molar-refractivity contribution in [1.29, 1.82) is 0 Å². The molecule has 0 bridgehead atoms. The Bertz CT molecular complexity index is 671. The molecular formula is C18H15F3O. The minimum atomic E-state index is -1.45. The summed E-state index contributed by atoms with van der Waals surface area (Å²) in [4.78, 5) is 0.